The summed E-state index contributed by atoms with van der Waals surface area (Å²) in [6.07, 6.45) is -6.30. The number of carbonyl (C=O) groups excluding carboxylic acids is 1. The predicted octanol–water partition coefficient (Wildman–Crippen LogP) is -0.318. The molecule has 0 spiro atoms. The van der Waals surface area contributed by atoms with Crippen LogP contribution in [-0.2, 0) is 22.4 Å². The van der Waals surface area contributed by atoms with Crippen molar-refractivity contribution in [2.24, 2.45) is 5.41 Å². The lowest BCUT2D eigenvalue weighted by Crippen LogP contribution is -2.58. The summed E-state index contributed by atoms with van der Waals surface area (Å²) < 4.78 is 25.3. The summed E-state index contributed by atoms with van der Waals surface area (Å²) in [6, 6.07) is 7.79. The molecule has 0 radical (unpaired) electrons. The molecule has 1 aromatic heterocycles. The molecule has 1 fully saturated rings. The molecule has 5 atom stereocenters. The SMILES string of the molecule is CC(C)c1[nH]nc(O[C@@H]2O[C@H](CO)[C@@H](F)[C@H](O)[C@H]2O)c1Cc1ccc(CCCC(=O)NCC(CO)(CO)CO)cc1. The van der Waals surface area contributed by atoms with Crippen LogP contribution in [0.15, 0.2) is 24.3 Å². The summed E-state index contributed by atoms with van der Waals surface area (Å²) in [5.41, 5.74) is 2.33. The smallest absolute Gasteiger partial charge is 0.238 e. The minimum Gasteiger partial charge on any atom is -0.443 e. The van der Waals surface area contributed by atoms with Gasteiger partial charge >= 0.3 is 0 Å². The molecule has 0 saturated carbocycles. The number of nitrogens with one attached hydrogen (secondary N) is 2. The lowest BCUT2D eigenvalue weighted by Gasteiger charge is -2.38. The lowest BCUT2D eigenvalue weighted by atomic mass is 9.91. The van der Waals surface area contributed by atoms with Crippen LogP contribution >= 0.6 is 0 Å². The zero-order valence-corrected chi connectivity index (χ0v) is 23.4. The van der Waals surface area contributed by atoms with Crippen molar-refractivity contribution in [1.82, 2.24) is 15.5 Å². The van der Waals surface area contributed by atoms with E-state index >= 15 is 0 Å². The number of aromatic nitrogens is 2. The Morgan fingerprint density at radius 2 is 1.73 bits per heavy atom. The van der Waals surface area contributed by atoms with E-state index in [2.05, 4.69) is 15.5 Å². The summed E-state index contributed by atoms with van der Waals surface area (Å²) in [6.45, 7) is 1.91. The average Bonchev–Trinajstić information content (AvgIpc) is 3.37. The maximum absolute atomic E-state index is 14.1. The third kappa shape index (κ3) is 8.22. The number of hydrogen-bond acceptors (Lipinski definition) is 10. The number of hydrogen-bond donors (Lipinski definition) is 8. The van der Waals surface area contributed by atoms with Crippen molar-refractivity contribution < 1.29 is 49.3 Å². The van der Waals surface area contributed by atoms with Crippen molar-refractivity contribution in [3.05, 3.63) is 46.6 Å². The lowest BCUT2D eigenvalue weighted by molar-refractivity contribution is -0.265. The molecule has 1 saturated heterocycles. The number of aryl methyl sites for hydroxylation is 1. The summed E-state index contributed by atoms with van der Waals surface area (Å²) in [7, 11) is 0. The summed E-state index contributed by atoms with van der Waals surface area (Å²) >= 11 is 0. The van der Waals surface area contributed by atoms with Crippen molar-refractivity contribution in [3.8, 4) is 5.88 Å². The van der Waals surface area contributed by atoms with Gasteiger partial charge in [-0.25, -0.2) is 4.39 Å². The number of alkyl halides is 1. The number of nitrogens with zero attached hydrogens (tertiary/aromatic N) is 1. The second kappa shape index (κ2) is 15.0. The van der Waals surface area contributed by atoms with Gasteiger partial charge in [0, 0.05) is 30.6 Å². The molecular formula is C28H42FN3O9. The van der Waals surface area contributed by atoms with E-state index in [-0.39, 0.29) is 30.7 Å². The third-order valence-electron chi connectivity index (χ3n) is 7.41. The van der Waals surface area contributed by atoms with Gasteiger partial charge in [-0.2, -0.15) is 0 Å². The molecular weight excluding hydrogens is 541 g/mol. The average molecular weight is 584 g/mol. The first-order valence-electron chi connectivity index (χ1n) is 13.8. The number of ether oxygens (including phenoxy) is 2. The fourth-order valence-electron chi connectivity index (χ4n) is 4.53. The van der Waals surface area contributed by atoms with Gasteiger partial charge in [-0.05, 0) is 29.9 Å². The highest BCUT2D eigenvalue weighted by Gasteiger charge is 2.46. The van der Waals surface area contributed by atoms with Crippen molar-refractivity contribution in [1.29, 1.82) is 0 Å². The molecule has 0 unspecified atom stereocenters. The van der Waals surface area contributed by atoms with Gasteiger partial charge in [0.1, 0.15) is 18.3 Å². The molecule has 2 aromatic rings. The van der Waals surface area contributed by atoms with Crippen molar-refractivity contribution in [2.75, 3.05) is 33.0 Å². The normalized spacial score (nSPS) is 23.1. The zero-order chi connectivity index (χ0) is 30.2. The number of aliphatic hydroxyl groups is 6. The summed E-state index contributed by atoms with van der Waals surface area (Å²) in [5, 5.41) is 67.6. The van der Waals surface area contributed by atoms with E-state index < -0.39 is 62.6 Å². The molecule has 2 heterocycles. The molecule has 0 aliphatic carbocycles. The second-order valence-electron chi connectivity index (χ2n) is 10.9. The number of halogens is 1. The van der Waals surface area contributed by atoms with E-state index in [4.69, 9.17) is 9.47 Å². The maximum Gasteiger partial charge on any atom is 0.238 e. The number of amides is 1. The summed E-state index contributed by atoms with van der Waals surface area (Å²) in [5.74, 6) is -0.0376. The Balaban J connectivity index is 1.60. The molecule has 1 amide bonds. The standard InChI is InChI=1S/C28H42FN3O9/c1-16(2)23-19(26(32-31-23)41-27-25(39)24(38)22(29)20(11-33)40-27)10-18-8-6-17(7-9-18)4-3-5-21(37)30-12-28(13-34,14-35)15-36/h6-9,16,20,22,24-25,27,33-36,38-39H,3-5,10-15H2,1-2H3,(H,30,37)(H,31,32)/t20-,22-,24+,25-,27+/m1/s1. The zero-order valence-electron chi connectivity index (χ0n) is 23.4. The highest BCUT2D eigenvalue weighted by molar-refractivity contribution is 5.75. The predicted molar refractivity (Wildman–Crippen MR) is 145 cm³/mol. The number of aromatic amines is 1. The molecule has 12 nitrogen and oxygen atoms in total. The van der Waals surface area contributed by atoms with Gasteiger partial charge in [0.15, 0.2) is 6.17 Å². The van der Waals surface area contributed by atoms with Gasteiger partial charge in [-0.3, -0.25) is 9.89 Å². The van der Waals surface area contributed by atoms with Crippen molar-refractivity contribution >= 4 is 5.91 Å². The minimum atomic E-state index is -1.96. The second-order valence-corrected chi connectivity index (χ2v) is 10.9. The van der Waals surface area contributed by atoms with Crippen LogP contribution in [0.5, 0.6) is 5.88 Å². The quantitative estimate of drug-likeness (QED) is 0.138. The van der Waals surface area contributed by atoms with Gasteiger partial charge in [-0.15, -0.1) is 5.10 Å². The van der Waals surface area contributed by atoms with Crippen LogP contribution in [0.4, 0.5) is 4.39 Å². The Morgan fingerprint density at radius 1 is 1.10 bits per heavy atom. The van der Waals surface area contributed by atoms with E-state index in [0.29, 0.717) is 24.8 Å². The number of H-pyrrole nitrogens is 1. The van der Waals surface area contributed by atoms with Gasteiger partial charge in [0.25, 0.3) is 0 Å². The van der Waals surface area contributed by atoms with Crippen LogP contribution in [0.2, 0.25) is 0 Å². The van der Waals surface area contributed by atoms with E-state index in [1.165, 1.54) is 0 Å². The van der Waals surface area contributed by atoms with Crippen LogP contribution < -0.4 is 10.1 Å². The topological polar surface area (TPSA) is 198 Å². The monoisotopic (exact) mass is 583 g/mol. The Morgan fingerprint density at radius 3 is 2.32 bits per heavy atom. The van der Waals surface area contributed by atoms with E-state index in [1.54, 1.807) is 0 Å². The number of carbonyl (C=O) groups is 1. The first-order valence-corrected chi connectivity index (χ1v) is 13.8. The van der Waals surface area contributed by atoms with Crippen molar-refractivity contribution in [3.63, 3.8) is 0 Å². The summed E-state index contributed by atoms with van der Waals surface area (Å²) in [4.78, 5) is 12.2. The van der Waals surface area contributed by atoms with Crippen molar-refractivity contribution in [2.45, 2.75) is 76.2 Å². The van der Waals surface area contributed by atoms with Gasteiger partial charge in [-0.1, -0.05) is 38.1 Å². The molecule has 41 heavy (non-hydrogen) atoms. The third-order valence-corrected chi connectivity index (χ3v) is 7.41. The fraction of sp³-hybridized carbons (Fsp3) is 0.643. The first-order chi connectivity index (χ1) is 19.6. The Kier molecular flexibility index (Phi) is 12.0. The molecule has 8 N–H and O–H groups in total. The van der Waals surface area contributed by atoms with Gasteiger partial charge in [0.05, 0.1) is 31.8 Å². The van der Waals surface area contributed by atoms with Crippen LogP contribution in [0, 0.1) is 5.41 Å². The molecule has 13 heteroatoms. The highest BCUT2D eigenvalue weighted by atomic mass is 19.1. The Labute approximate surface area is 238 Å². The van der Waals surface area contributed by atoms with Crippen LogP contribution in [0.1, 0.15) is 55.0 Å². The van der Waals surface area contributed by atoms with E-state index in [0.717, 1.165) is 16.8 Å². The maximum atomic E-state index is 14.1. The number of aliphatic hydroxyl groups excluding tert-OH is 6. The van der Waals surface area contributed by atoms with E-state index in [1.807, 2.05) is 38.1 Å². The first kappa shape index (κ1) is 32.9. The van der Waals surface area contributed by atoms with Crippen LogP contribution in [0.25, 0.3) is 0 Å². The van der Waals surface area contributed by atoms with E-state index in [9.17, 15) is 39.8 Å². The number of rotatable bonds is 15. The molecule has 0 bridgehead atoms. The number of benzene rings is 1. The molecule has 1 aromatic carbocycles. The largest absolute Gasteiger partial charge is 0.443 e. The molecule has 3 rings (SSSR count). The molecule has 1 aliphatic heterocycles. The minimum absolute atomic E-state index is 0.0209. The Hall–Kier alpha value is -2.65. The van der Waals surface area contributed by atoms with Gasteiger partial charge < -0.3 is 45.4 Å². The molecule has 230 valence electrons. The Bertz CT molecular complexity index is 1080. The van der Waals surface area contributed by atoms with Crippen LogP contribution in [0.3, 0.4) is 0 Å². The van der Waals surface area contributed by atoms with Crippen LogP contribution in [-0.4, -0.2) is 110 Å². The fourth-order valence-corrected chi connectivity index (χ4v) is 4.53. The van der Waals surface area contributed by atoms with Gasteiger partial charge in [0.2, 0.25) is 18.1 Å². The highest BCUT2D eigenvalue weighted by Crippen LogP contribution is 2.31. The molecule has 1 aliphatic rings.